The monoisotopic (exact) mass is 313 g/mol. The minimum atomic E-state index is -0.494. The molecule has 120 valence electrons. The van der Waals surface area contributed by atoms with Crippen molar-refractivity contribution in [2.45, 2.75) is 19.4 Å². The molecule has 0 bridgehead atoms. The molecule has 0 saturated carbocycles. The van der Waals surface area contributed by atoms with Crippen molar-refractivity contribution < 1.29 is 14.0 Å². The van der Waals surface area contributed by atoms with Crippen LogP contribution in [0, 0.1) is 5.92 Å². The zero-order valence-electron chi connectivity index (χ0n) is 12.8. The molecular weight excluding hydrogens is 294 g/mol. The van der Waals surface area contributed by atoms with Gasteiger partial charge in [0.2, 0.25) is 5.91 Å². The van der Waals surface area contributed by atoms with Crippen LogP contribution in [0.5, 0.6) is 0 Å². The summed E-state index contributed by atoms with van der Waals surface area (Å²) in [5.41, 5.74) is 1.59. The molecule has 1 aromatic heterocycles. The molecule has 0 spiro atoms. The number of carbonyl (C=O) groups excluding carboxylic acids is 2. The summed E-state index contributed by atoms with van der Waals surface area (Å²) in [6.45, 7) is 2.62. The Labute approximate surface area is 134 Å². The molecule has 6 nitrogen and oxygen atoms in total. The smallest absolute Gasteiger partial charge is 0.319 e. The first-order chi connectivity index (χ1) is 11.1. The minimum Gasteiger partial charge on any atom is -0.464 e. The van der Waals surface area contributed by atoms with Crippen molar-refractivity contribution in [3.63, 3.8) is 0 Å². The normalized spacial score (nSPS) is 20.7. The first-order valence-electron chi connectivity index (χ1n) is 7.62. The Bertz CT molecular complexity index is 680. The third kappa shape index (κ3) is 3.53. The molecule has 2 aromatic rings. The minimum absolute atomic E-state index is 0.121. The molecule has 1 saturated heterocycles. The van der Waals surface area contributed by atoms with Gasteiger partial charge >= 0.3 is 6.03 Å². The number of hydrogen-bond donors (Lipinski definition) is 3. The molecule has 0 unspecified atom stereocenters. The number of amides is 3. The van der Waals surface area contributed by atoms with E-state index in [-0.39, 0.29) is 17.9 Å². The molecule has 0 aliphatic carbocycles. The van der Waals surface area contributed by atoms with E-state index in [9.17, 15) is 9.59 Å². The molecule has 1 aliphatic heterocycles. The average Bonchev–Trinajstić information content (AvgIpc) is 3.06. The fraction of sp³-hybridized carbons (Fsp3) is 0.294. The van der Waals surface area contributed by atoms with Gasteiger partial charge in [0.1, 0.15) is 11.8 Å². The van der Waals surface area contributed by atoms with Gasteiger partial charge in [-0.1, -0.05) is 6.92 Å². The molecule has 1 aliphatic rings. The van der Waals surface area contributed by atoms with Crippen molar-refractivity contribution in [3.05, 3.63) is 42.7 Å². The summed E-state index contributed by atoms with van der Waals surface area (Å²) in [5.74, 6) is 0.761. The Morgan fingerprint density at radius 1 is 1.26 bits per heavy atom. The quantitative estimate of drug-likeness (QED) is 0.814. The molecule has 1 aromatic carbocycles. The summed E-state index contributed by atoms with van der Waals surface area (Å²) >= 11 is 0. The summed E-state index contributed by atoms with van der Waals surface area (Å²) in [5, 5.41) is 8.23. The van der Waals surface area contributed by atoms with Crippen LogP contribution in [-0.2, 0) is 4.79 Å². The Balaban J connectivity index is 1.60. The lowest BCUT2D eigenvalue weighted by atomic mass is 9.94. The zero-order valence-corrected chi connectivity index (χ0v) is 12.8. The lowest BCUT2D eigenvalue weighted by Gasteiger charge is -2.28. The Morgan fingerprint density at radius 2 is 2.04 bits per heavy atom. The van der Waals surface area contributed by atoms with Crippen molar-refractivity contribution in [3.8, 4) is 11.3 Å². The molecule has 2 atom stereocenters. The summed E-state index contributed by atoms with van der Waals surface area (Å²) in [4.78, 5) is 23.9. The van der Waals surface area contributed by atoms with E-state index in [1.54, 1.807) is 18.4 Å². The van der Waals surface area contributed by atoms with Gasteiger partial charge in [-0.2, -0.15) is 0 Å². The van der Waals surface area contributed by atoms with Crippen LogP contribution in [0.3, 0.4) is 0 Å². The molecule has 1 fully saturated rings. The fourth-order valence-corrected chi connectivity index (χ4v) is 2.63. The van der Waals surface area contributed by atoms with E-state index >= 15 is 0 Å². The summed E-state index contributed by atoms with van der Waals surface area (Å²) in [6, 6.07) is 10.1. The maximum atomic E-state index is 12.1. The Hall–Kier alpha value is -2.76. The van der Waals surface area contributed by atoms with Crippen LogP contribution in [0.1, 0.15) is 13.3 Å². The first kappa shape index (κ1) is 15.1. The van der Waals surface area contributed by atoms with Gasteiger partial charge in [-0.3, -0.25) is 4.79 Å². The highest BCUT2D eigenvalue weighted by Crippen LogP contribution is 2.21. The van der Waals surface area contributed by atoms with Crippen LogP contribution in [0.25, 0.3) is 11.3 Å². The number of rotatable bonds is 3. The largest absolute Gasteiger partial charge is 0.464 e. The summed E-state index contributed by atoms with van der Waals surface area (Å²) < 4.78 is 5.32. The van der Waals surface area contributed by atoms with Crippen LogP contribution >= 0.6 is 0 Å². The molecule has 0 radical (unpaired) electrons. The van der Waals surface area contributed by atoms with Gasteiger partial charge in [-0.25, -0.2) is 4.79 Å². The number of carbonyl (C=O) groups is 2. The van der Waals surface area contributed by atoms with E-state index in [1.807, 2.05) is 31.2 Å². The topological polar surface area (TPSA) is 83.4 Å². The van der Waals surface area contributed by atoms with Gasteiger partial charge in [-0.05, 0) is 48.7 Å². The fourth-order valence-electron chi connectivity index (χ4n) is 2.63. The average molecular weight is 313 g/mol. The predicted molar refractivity (Wildman–Crippen MR) is 86.9 cm³/mol. The van der Waals surface area contributed by atoms with Crippen LogP contribution in [0.2, 0.25) is 0 Å². The maximum absolute atomic E-state index is 12.1. The van der Waals surface area contributed by atoms with Crippen LogP contribution in [-0.4, -0.2) is 24.5 Å². The van der Waals surface area contributed by atoms with Gasteiger partial charge in [-0.15, -0.1) is 0 Å². The first-order valence-corrected chi connectivity index (χ1v) is 7.62. The number of hydrogen-bond acceptors (Lipinski definition) is 3. The lowest BCUT2D eigenvalue weighted by molar-refractivity contribution is -0.125. The van der Waals surface area contributed by atoms with Gasteiger partial charge in [0.25, 0.3) is 0 Å². The third-order valence-electron chi connectivity index (χ3n) is 3.99. The number of urea groups is 1. The molecule has 3 rings (SSSR count). The molecule has 6 heteroatoms. The van der Waals surface area contributed by atoms with E-state index in [0.717, 1.165) is 17.7 Å². The maximum Gasteiger partial charge on any atom is 0.319 e. The van der Waals surface area contributed by atoms with Gasteiger partial charge in [0, 0.05) is 17.8 Å². The highest BCUT2D eigenvalue weighted by molar-refractivity contribution is 5.94. The Morgan fingerprint density at radius 3 is 2.70 bits per heavy atom. The van der Waals surface area contributed by atoms with E-state index < -0.39 is 6.04 Å². The second-order valence-corrected chi connectivity index (χ2v) is 5.69. The van der Waals surface area contributed by atoms with Crippen LogP contribution < -0.4 is 16.0 Å². The Kier molecular flexibility index (Phi) is 4.32. The summed E-state index contributed by atoms with van der Waals surface area (Å²) in [7, 11) is 0. The predicted octanol–water partition coefficient (Wildman–Crippen LogP) is 2.59. The number of furan rings is 1. The van der Waals surface area contributed by atoms with Crippen molar-refractivity contribution in [2.24, 2.45) is 5.92 Å². The molecule has 2 heterocycles. The summed E-state index contributed by atoms with van der Waals surface area (Å²) in [6.07, 6.45) is 2.47. The number of piperidine rings is 1. The standard InChI is InChI=1S/C17H19N3O3/c1-11-8-9-18-16(21)15(11)20-17(22)19-13-6-4-12(5-7-13)14-3-2-10-23-14/h2-7,10-11,15H,8-9H2,1H3,(H,18,21)(H2,19,20,22)/t11-,15+/m1/s1. The van der Waals surface area contributed by atoms with E-state index in [2.05, 4.69) is 16.0 Å². The number of anilines is 1. The van der Waals surface area contributed by atoms with Crippen molar-refractivity contribution in [2.75, 3.05) is 11.9 Å². The second-order valence-electron chi connectivity index (χ2n) is 5.69. The number of benzene rings is 1. The lowest BCUT2D eigenvalue weighted by Crippen LogP contribution is -2.55. The highest BCUT2D eigenvalue weighted by atomic mass is 16.3. The van der Waals surface area contributed by atoms with E-state index in [1.165, 1.54) is 0 Å². The third-order valence-corrected chi connectivity index (χ3v) is 3.99. The van der Waals surface area contributed by atoms with Gasteiger partial charge in [0.15, 0.2) is 0 Å². The zero-order chi connectivity index (χ0) is 16.2. The molecular formula is C17H19N3O3. The highest BCUT2D eigenvalue weighted by Gasteiger charge is 2.29. The van der Waals surface area contributed by atoms with Crippen LogP contribution in [0.15, 0.2) is 47.1 Å². The van der Waals surface area contributed by atoms with Gasteiger partial charge < -0.3 is 20.4 Å². The van der Waals surface area contributed by atoms with E-state index in [0.29, 0.717) is 12.2 Å². The number of nitrogens with one attached hydrogen (secondary N) is 3. The van der Waals surface area contributed by atoms with Crippen LogP contribution in [0.4, 0.5) is 10.5 Å². The second kappa shape index (κ2) is 6.56. The molecule has 3 N–H and O–H groups in total. The van der Waals surface area contributed by atoms with Crippen molar-refractivity contribution >= 4 is 17.6 Å². The van der Waals surface area contributed by atoms with Gasteiger partial charge in [0.05, 0.1) is 6.26 Å². The molecule has 23 heavy (non-hydrogen) atoms. The van der Waals surface area contributed by atoms with Crippen molar-refractivity contribution in [1.29, 1.82) is 0 Å². The SMILES string of the molecule is C[C@@H]1CCNC(=O)[C@H]1NC(=O)Nc1ccc(-c2ccco2)cc1. The van der Waals surface area contributed by atoms with E-state index in [4.69, 9.17) is 4.42 Å². The molecule has 3 amide bonds. The van der Waals surface area contributed by atoms with Crippen molar-refractivity contribution in [1.82, 2.24) is 10.6 Å².